The number of fused-ring (bicyclic) bond motifs is 3. The lowest BCUT2D eigenvalue weighted by Crippen LogP contribution is -2.22. The fourth-order valence-corrected chi connectivity index (χ4v) is 3.36. The van der Waals surface area contributed by atoms with Gasteiger partial charge in [0.25, 0.3) is 0 Å². The summed E-state index contributed by atoms with van der Waals surface area (Å²) in [6.45, 7) is 3.42. The van der Waals surface area contributed by atoms with Crippen LogP contribution in [0.4, 0.5) is 5.69 Å². The normalized spacial score (nSPS) is 12.3. The maximum absolute atomic E-state index is 6.01. The van der Waals surface area contributed by atoms with Gasteiger partial charge in [0.2, 0.25) is 0 Å². The monoisotopic (exact) mass is 346 g/mol. The Morgan fingerprint density at radius 3 is 2.54 bits per heavy atom. The van der Waals surface area contributed by atoms with Crippen LogP contribution >= 0.6 is 0 Å². The summed E-state index contributed by atoms with van der Waals surface area (Å²) in [5.41, 5.74) is 7.11. The van der Waals surface area contributed by atoms with Crippen molar-refractivity contribution >= 4 is 5.69 Å². The molecule has 1 aromatic heterocycles. The number of pyridine rings is 1. The molecule has 1 aliphatic heterocycles. The highest BCUT2D eigenvalue weighted by molar-refractivity contribution is 5.83. The fourth-order valence-electron chi connectivity index (χ4n) is 3.36. The zero-order valence-electron chi connectivity index (χ0n) is 15.3. The Labute approximate surface area is 154 Å². The maximum Gasteiger partial charge on any atom is 0.120 e. The van der Waals surface area contributed by atoms with Gasteiger partial charge in [-0.05, 0) is 53.9 Å². The van der Waals surface area contributed by atoms with Crippen LogP contribution in [0.5, 0.6) is 11.5 Å². The number of anilines is 1. The molecule has 3 aromatic rings. The molecular weight excluding hydrogens is 324 g/mol. The fraction of sp³-hybridized carbons (Fsp3) is 0.227. The highest BCUT2D eigenvalue weighted by Crippen LogP contribution is 2.39. The van der Waals surface area contributed by atoms with E-state index in [4.69, 9.17) is 9.47 Å². The minimum Gasteiger partial charge on any atom is -0.497 e. The second kappa shape index (κ2) is 6.71. The molecule has 132 valence electrons. The van der Waals surface area contributed by atoms with Crippen molar-refractivity contribution in [3.63, 3.8) is 0 Å². The Bertz CT molecular complexity index is 935. The molecule has 4 heteroatoms. The predicted octanol–water partition coefficient (Wildman–Crippen LogP) is 4.59. The minimum atomic E-state index is 0.540. The van der Waals surface area contributed by atoms with E-state index in [2.05, 4.69) is 35.1 Å². The van der Waals surface area contributed by atoms with Crippen LogP contribution in [0.3, 0.4) is 0 Å². The van der Waals surface area contributed by atoms with E-state index in [0.29, 0.717) is 6.61 Å². The van der Waals surface area contributed by atoms with Crippen molar-refractivity contribution in [3.8, 4) is 22.6 Å². The molecule has 0 saturated carbocycles. The SMILES string of the molecule is COc1ccc(COc2ccc3c(c2)CN(C)c2cnc(C)cc2-3)cc1. The third-order valence-electron chi connectivity index (χ3n) is 4.77. The molecule has 0 atom stereocenters. The molecule has 0 amide bonds. The number of hydrogen-bond acceptors (Lipinski definition) is 4. The summed E-state index contributed by atoms with van der Waals surface area (Å²) in [7, 11) is 3.77. The Morgan fingerprint density at radius 2 is 1.77 bits per heavy atom. The average Bonchev–Trinajstić information content (AvgIpc) is 2.66. The van der Waals surface area contributed by atoms with E-state index in [1.807, 2.05) is 43.5 Å². The van der Waals surface area contributed by atoms with Gasteiger partial charge in [-0.15, -0.1) is 0 Å². The summed E-state index contributed by atoms with van der Waals surface area (Å²) < 4.78 is 11.2. The Morgan fingerprint density at radius 1 is 1.00 bits per heavy atom. The zero-order chi connectivity index (χ0) is 18.1. The van der Waals surface area contributed by atoms with Gasteiger partial charge in [0.1, 0.15) is 18.1 Å². The molecule has 1 aliphatic rings. The molecule has 0 N–H and O–H groups in total. The van der Waals surface area contributed by atoms with Crippen LogP contribution < -0.4 is 14.4 Å². The van der Waals surface area contributed by atoms with Gasteiger partial charge in [0, 0.05) is 24.8 Å². The molecule has 4 nitrogen and oxygen atoms in total. The molecule has 0 bridgehead atoms. The van der Waals surface area contributed by atoms with Crippen molar-refractivity contribution in [3.05, 3.63) is 71.5 Å². The van der Waals surface area contributed by atoms with Crippen LogP contribution in [-0.2, 0) is 13.2 Å². The number of aryl methyl sites for hydroxylation is 1. The summed E-state index contributed by atoms with van der Waals surface area (Å²) in [6, 6.07) is 16.5. The van der Waals surface area contributed by atoms with Gasteiger partial charge in [-0.3, -0.25) is 4.98 Å². The third-order valence-corrected chi connectivity index (χ3v) is 4.77. The summed E-state index contributed by atoms with van der Waals surface area (Å²) in [5, 5.41) is 0. The lowest BCUT2D eigenvalue weighted by Gasteiger charge is -2.29. The molecule has 4 rings (SSSR count). The largest absolute Gasteiger partial charge is 0.497 e. The standard InChI is InChI=1S/C22H22N2O2/c1-15-10-21-20-9-8-19(11-17(20)13-24(2)22(21)12-23-15)26-14-16-4-6-18(25-3)7-5-16/h4-12H,13-14H2,1-3H3. The third kappa shape index (κ3) is 3.10. The second-order valence-corrected chi connectivity index (χ2v) is 6.65. The highest BCUT2D eigenvalue weighted by Gasteiger charge is 2.20. The van der Waals surface area contributed by atoms with Crippen LogP contribution in [0, 0.1) is 6.92 Å². The van der Waals surface area contributed by atoms with Gasteiger partial charge in [0.15, 0.2) is 0 Å². The first-order chi connectivity index (χ1) is 12.6. The molecule has 0 aliphatic carbocycles. The molecular formula is C22H22N2O2. The topological polar surface area (TPSA) is 34.6 Å². The van der Waals surface area contributed by atoms with E-state index in [-0.39, 0.29) is 0 Å². The van der Waals surface area contributed by atoms with E-state index < -0.39 is 0 Å². The summed E-state index contributed by atoms with van der Waals surface area (Å²) in [4.78, 5) is 6.67. The van der Waals surface area contributed by atoms with Crippen molar-refractivity contribution in [1.29, 1.82) is 0 Å². The summed E-state index contributed by atoms with van der Waals surface area (Å²) >= 11 is 0. The first-order valence-electron chi connectivity index (χ1n) is 8.71. The molecule has 2 aromatic carbocycles. The minimum absolute atomic E-state index is 0.540. The van der Waals surface area contributed by atoms with Crippen molar-refractivity contribution in [2.45, 2.75) is 20.1 Å². The van der Waals surface area contributed by atoms with Crippen molar-refractivity contribution < 1.29 is 9.47 Å². The van der Waals surface area contributed by atoms with Gasteiger partial charge in [0.05, 0.1) is 19.0 Å². The molecule has 0 spiro atoms. The molecule has 26 heavy (non-hydrogen) atoms. The molecule has 0 radical (unpaired) electrons. The average molecular weight is 346 g/mol. The Balaban J connectivity index is 1.56. The van der Waals surface area contributed by atoms with E-state index in [1.54, 1.807) is 7.11 Å². The van der Waals surface area contributed by atoms with Crippen LogP contribution in [0.25, 0.3) is 11.1 Å². The van der Waals surface area contributed by atoms with Crippen molar-refractivity contribution in [2.24, 2.45) is 0 Å². The summed E-state index contributed by atoms with van der Waals surface area (Å²) in [6.07, 6.45) is 1.96. The van der Waals surface area contributed by atoms with Crippen LogP contribution in [0.2, 0.25) is 0 Å². The first kappa shape index (κ1) is 16.5. The highest BCUT2D eigenvalue weighted by atomic mass is 16.5. The van der Waals surface area contributed by atoms with Crippen molar-refractivity contribution in [2.75, 3.05) is 19.1 Å². The van der Waals surface area contributed by atoms with Gasteiger partial charge in [-0.1, -0.05) is 18.2 Å². The second-order valence-electron chi connectivity index (χ2n) is 6.65. The van der Waals surface area contributed by atoms with Crippen molar-refractivity contribution in [1.82, 2.24) is 4.98 Å². The smallest absolute Gasteiger partial charge is 0.120 e. The first-order valence-corrected chi connectivity index (χ1v) is 8.71. The lowest BCUT2D eigenvalue weighted by atomic mass is 9.94. The maximum atomic E-state index is 6.01. The van der Waals surface area contributed by atoms with E-state index in [0.717, 1.165) is 29.3 Å². The number of rotatable bonds is 4. The zero-order valence-corrected chi connectivity index (χ0v) is 15.3. The van der Waals surface area contributed by atoms with Crippen LogP contribution in [0.1, 0.15) is 16.8 Å². The van der Waals surface area contributed by atoms with Gasteiger partial charge in [-0.25, -0.2) is 0 Å². The van der Waals surface area contributed by atoms with Crippen LogP contribution in [0.15, 0.2) is 54.7 Å². The number of methoxy groups -OCH3 is 1. The molecule has 0 saturated heterocycles. The quantitative estimate of drug-likeness (QED) is 0.692. The number of aromatic nitrogens is 1. The van der Waals surface area contributed by atoms with Gasteiger partial charge >= 0.3 is 0 Å². The van der Waals surface area contributed by atoms with E-state index in [9.17, 15) is 0 Å². The summed E-state index contributed by atoms with van der Waals surface area (Å²) in [5.74, 6) is 1.75. The molecule has 2 heterocycles. The van der Waals surface area contributed by atoms with E-state index >= 15 is 0 Å². The lowest BCUT2D eigenvalue weighted by molar-refractivity contribution is 0.305. The molecule has 0 fully saturated rings. The number of benzene rings is 2. The predicted molar refractivity (Wildman–Crippen MR) is 104 cm³/mol. The van der Waals surface area contributed by atoms with Gasteiger partial charge < -0.3 is 14.4 Å². The van der Waals surface area contributed by atoms with E-state index in [1.165, 1.54) is 22.4 Å². The Kier molecular flexibility index (Phi) is 4.25. The number of nitrogens with zero attached hydrogens (tertiary/aromatic N) is 2. The molecule has 0 unspecified atom stereocenters. The van der Waals surface area contributed by atoms with Crippen LogP contribution in [-0.4, -0.2) is 19.1 Å². The number of hydrogen-bond donors (Lipinski definition) is 0. The Hall–Kier alpha value is -3.01. The number of ether oxygens (including phenoxy) is 2. The van der Waals surface area contributed by atoms with Gasteiger partial charge in [-0.2, -0.15) is 0 Å².